The molecular weight excluding hydrogens is 522 g/mol. The lowest BCUT2D eigenvalue weighted by Crippen LogP contribution is -2.42. The zero-order valence-corrected chi connectivity index (χ0v) is 22.4. The summed E-state index contributed by atoms with van der Waals surface area (Å²) in [4.78, 5) is 28.7. The van der Waals surface area contributed by atoms with E-state index in [1.165, 1.54) is 9.91 Å². The number of fused-ring (bicyclic) bond motifs is 1. The molecule has 0 saturated heterocycles. The van der Waals surface area contributed by atoms with Gasteiger partial charge in [0, 0.05) is 36.2 Å². The van der Waals surface area contributed by atoms with Crippen LogP contribution in [0, 0.1) is 0 Å². The van der Waals surface area contributed by atoms with Crippen LogP contribution >= 0.6 is 11.6 Å². The number of nitrogens with zero attached hydrogens (tertiary/aromatic N) is 3. The molecule has 2 aliphatic rings. The van der Waals surface area contributed by atoms with Crippen LogP contribution in [-0.4, -0.2) is 68.1 Å². The Morgan fingerprint density at radius 1 is 1.05 bits per heavy atom. The van der Waals surface area contributed by atoms with E-state index in [1.54, 1.807) is 44.6 Å². The van der Waals surface area contributed by atoms with E-state index in [0.717, 1.165) is 11.1 Å². The van der Waals surface area contributed by atoms with Crippen LogP contribution in [0.2, 0.25) is 5.02 Å². The topological polar surface area (TPSA) is 89.9 Å². The van der Waals surface area contributed by atoms with Crippen LogP contribution < -0.4 is 14.2 Å². The standard InChI is InChI=1S/C29H28ClN3O6/c1-36-14-13-32(29(35)19-7-10-21(37-2)11-8-19)17-28(34)33-25(20-9-12-26-27(15-20)39-18-38-26)16-24(31-33)22-5-3-4-6-23(22)30/h3-12,15,25H,13-14,16-18H2,1-2H3. The molecule has 0 N–H and O–H groups in total. The van der Waals surface area contributed by atoms with E-state index in [9.17, 15) is 9.59 Å². The van der Waals surface area contributed by atoms with Crippen molar-refractivity contribution in [3.8, 4) is 17.2 Å². The lowest BCUT2D eigenvalue weighted by Gasteiger charge is -2.27. The van der Waals surface area contributed by atoms with Crippen LogP contribution in [0.1, 0.15) is 33.9 Å². The number of amides is 2. The van der Waals surface area contributed by atoms with Crippen LogP contribution in [0.15, 0.2) is 71.8 Å². The highest BCUT2D eigenvalue weighted by Gasteiger charge is 2.36. The molecule has 0 spiro atoms. The number of carbonyl (C=O) groups is 2. The highest BCUT2D eigenvalue weighted by atomic mass is 35.5. The summed E-state index contributed by atoms with van der Waals surface area (Å²) in [5, 5.41) is 6.71. The summed E-state index contributed by atoms with van der Waals surface area (Å²) >= 11 is 6.48. The van der Waals surface area contributed by atoms with Crippen molar-refractivity contribution < 1.29 is 28.5 Å². The minimum atomic E-state index is -0.418. The molecule has 2 aliphatic heterocycles. The van der Waals surface area contributed by atoms with Gasteiger partial charge in [-0.2, -0.15) is 5.10 Å². The van der Waals surface area contributed by atoms with Crippen LogP contribution in [0.25, 0.3) is 0 Å². The number of methoxy groups -OCH3 is 2. The largest absolute Gasteiger partial charge is 0.497 e. The predicted molar refractivity (Wildman–Crippen MR) is 146 cm³/mol. The average Bonchev–Trinajstić information content (AvgIpc) is 3.62. The Labute approximate surface area is 231 Å². The van der Waals surface area contributed by atoms with E-state index in [1.807, 2.05) is 36.4 Å². The molecule has 0 bridgehead atoms. The van der Waals surface area contributed by atoms with E-state index in [0.29, 0.717) is 40.0 Å². The molecule has 9 nitrogen and oxygen atoms in total. The van der Waals surface area contributed by atoms with E-state index >= 15 is 0 Å². The van der Waals surface area contributed by atoms with Gasteiger partial charge >= 0.3 is 0 Å². The van der Waals surface area contributed by atoms with E-state index in [2.05, 4.69) is 0 Å². The maximum atomic E-state index is 13.8. The molecular formula is C29H28ClN3O6. The first-order valence-electron chi connectivity index (χ1n) is 12.4. The highest BCUT2D eigenvalue weighted by molar-refractivity contribution is 6.34. The third-order valence-electron chi connectivity index (χ3n) is 6.65. The highest BCUT2D eigenvalue weighted by Crippen LogP contribution is 2.40. The zero-order valence-electron chi connectivity index (χ0n) is 21.6. The van der Waals surface area contributed by atoms with Gasteiger partial charge in [-0.15, -0.1) is 0 Å². The van der Waals surface area contributed by atoms with Crippen molar-refractivity contribution in [3.63, 3.8) is 0 Å². The van der Waals surface area contributed by atoms with Crippen molar-refractivity contribution in [3.05, 3.63) is 88.4 Å². The first kappa shape index (κ1) is 26.5. The quantitative estimate of drug-likeness (QED) is 0.389. The lowest BCUT2D eigenvalue weighted by atomic mass is 9.98. The first-order valence-corrected chi connectivity index (χ1v) is 12.8. The number of ether oxygens (including phenoxy) is 4. The Morgan fingerprint density at radius 2 is 1.82 bits per heavy atom. The normalized spacial score (nSPS) is 15.7. The van der Waals surface area contributed by atoms with Gasteiger partial charge in [-0.25, -0.2) is 5.01 Å². The minimum Gasteiger partial charge on any atom is -0.497 e. The van der Waals surface area contributed by atoms with Crippen LogP contribution in [-0.2, 0) is 9.53 Å². The maximum Gasteiger partial charge on any atom is 0.262 e. The predicted octanol–water partition coefficient (Wildman–Crippen LogP) is 4.54. The van der Waals surface area contributed by atoms with Gasteiger partial charge in [0.05, 0.1) is 25.5 Å². The number of halogens is 1. The Hall–Kier alpha value is -4.08. The average molecular weight is 550 g/mol. The molecule has 0 radical (unpaired) electrons. The second-order valence-electron chi connectivity index (χ2n) is 9.05. The zero-order chi connectivity index (χ0) is 27.4. The van der Waals surface area contributed by atoms with Crippen LogP contribution in [0.5, 0.6) is 17.2 Å². The molecule has 0 aliphatic carbocycles. The van der Waals surface area contributed by atoms with Gasteiger partial charge in [0.1, 0.15) is 12.3 Å². The van der Waals surface area contributed by atoms with E-state index in [-0.39, 0.29) is 38.3 Å². The monoisotopic (exact) mass is 549 g/mol. The molecule has 3 aromatic carbocycles. The Kier molecular flexibility index (Phi) is 7.99. The van der Waals surface area contributed by atoms with E-state index in [4.69, 9.17) is 35.6 Å². The van der Waals surface area contributed by atoms with Crippen molar-refractivity contribution in [1.82, 2.24) is 9.91 Å². The van der Waals surface area contributed by atoms with Gasteiger partial charge in [-0.05, 0) is 48.0 Å². The van der Waals surface area contributed by atoms with Crippen molar-refractivity contribution >= 4 is 29.1 Å². The summed E-state index contributed by atoms with van der Waals surface area (Å²) in [7, 11) is 3.11. The van der Waals surface area contributed by atoms with Gasteiger partial charge in [-0.1, -0.05) is 35.9 Å². The lowest BCUT2D eigenvalue weighted by molar-refractivity contribution is -0.133. The molecule has 5 rings (SSSR count). The van der Waals surface area contributed by atoms with Crippen LogP contribution in [0.3, 0.4) is 0 Å². The maximum absolute atomic E-state index is 13.8. The molecule has 1 atom stereocenters. The van der Waals surface area contributed by atoms with Gasteiger partial charge in [0.25, 0.3) is 11.8 Å². The smallest absolute Gasteiger partial charge is 0.262 e. The summed E-state index contributed by atoms with van der Waals surface area (Å²) in [6.07, 6.45) is 0.444. The molecule has 2 heterocycles. The number of hydrazone groups is 1. The molecule has 10 heteroatoms. The summed E-state index contributed by atoms with van der Waals surface area (Å²) in [6, 6.07) is 19.3. The van der Waals surface area contributed by atoms with Gasteiger partial charge in [-0.3, -0.25) is 9.59 Å². The molecule has 0 fully saturated rings. The summed E-state index contributed by atoms with van der Waals surface area (Å²) in [5.74, 6) is 1.27. The Morgan fingerprint density at radius 3 is 2.56 bits per heavy atom. The molecule has 1 unspecified atom stereocenters. The number of benzene rings is 3. The number of carbonyl (C=O) groups excluding carboxylic acids is 2. The molecule has 39 heavy (non-hydrogen) atoms. The second-order valence-corrected chi connectivity index (χ2v) is 9.45. The summed E-state index contributed by atoms with van der Waals surface area (Å²) < 4.78 is 21.4. The third kappa shape index (κ3) is 5.69. The van der Waals surface area contributed by atoms with Crippen molar-refractivity contribution in [2.75, 3.05) is 40.7 Å². The molecule has 3 aromatic rings. The summed E-state index contributed by atoms with van der Waals surface area (Å²) in [5.41, 5.74) is 2.71. The number of hydrogen-bond acceptors (Lipinski definition) is 7. The minimum absolute atomic E-state index is 0.148. The van der Waals surface area contributed by atoms with Gasteiger partial charge < -0.3 is 23.8 Å². The Balaban J connectivity index is 1.44. The van der Waals surface area contributed by atoms with Crippen LogP contribution in [0.4, 0.5) is 0 Å². The van der Waals surface area contributed by atoms with Gasteiger partial charge in [0.2, 0.25) is 6.79 Å². The third-order valence-corrected chi connectivity index (χ3v) is 6.98. The molecule has 0 saturated carbocycles. The summed E-state index contributed by atoms with van der Waals surface area (Å²) in [6.45, 7) is 0.468. The molecule has 0 aromatic heterocycles. The number of hydrogen-bond donors (Lipinski definition) is 0. The SMILES string of the molecule is COCCN(CC(=O)N1N=C(c2ccccc2Cl)CC1c1ccc2c(c1)OCO2)C(=O)c1ccc(OC)cc1. The molecule has 202 valence electrons. The fourth-order valence-electron chi connectivity index (χ4n) is 4.58. The fourth-order valence-corrected chi connectivity index (χ4v) is 4.83. The molecule has 2 amide bonds. The van der Waals surface area contributed by atoms with Crippen molar-refractivity contribution in [1.29, 1.82) is 0 Å². The van der Waals surface area contributed by atoms with E-state index < -0.39 is 6.04 Å². The second kappa shape index (κ2) is 11.8. The Bertz CT molecular complexity index is 1390. The van der Waals surface area contributed by atoms with Crippen molar-refractivity contribution in [2.45, 2.75) is 12.5 Å². The van der Waals surface area contributed by atoms with Gasteiger partial charge in [0.15, 0.2) is 11.5 Å². The van der Waals surface area contributed by atoms with Crippen molar-refractivity contribution in [2.24, 2.45) is 5.10 Å². The fraction of sp³-hybridized carbons (Fsp3) is 0.276. The first-order chi connectivity index (χ1) is 19.0. The number of rotatable bonds is 9.